The van der Waals surface area contributed by atoms with Crippen LogP contribution in [-0.4, -0.2) is 18.6 Å². The van der Waals surface area contributed by atoms with Crippen LogP contribution < -0.4 is 15.4 Å². The van der Waals surface area contributed by atoms with Crippen LogP contribution in [0.2, 0.25) is 0 Å². The van der Waals surface area contributed by atoms with Gasteiger partial charge in [0.15, 0.2) is 6.10 Å². The van der Waals surface area contributed by atoms with Crippen molar-refractivity contribution in [1.29, 1.82) is 0 Å². The highest BCUT2D eigenvalue weighted by Crippen LogP contribution is 2.32. The summed E-state index contributed by atoms with van der Waals surface area (Å²) in [5.74, 6) is 1.27. The lowest BCUT2D eigenvalue weighted by Gasteiger charge is -2.24. The number of carbonyl (C=O) groups is 1. The van der Waals surface area contributed by atoms with Crippen LogP contribution >= 0.6 is 0 Å². The molecule has 1 heterocycles. The van der Waals surface area contributed by atoms with Crippen molar-refractivity contribution in [3.8, 4) is 5.75 Å². The van der Waals surface area contributed by atoms with Crippen LogP contribution in [-0.2, 0) is 4.79 Å². The minimum Gasteiger partial charge on any atom is -0.479 e. The Bertz CT molecular complexity index is 445. The number of benzene rings is 1. The van der Waals surface area contributed by atoms with Gasteiger partial charge in [0.1, 0.15) is 5.75 Å². The first-order chi connectivity index (χ1) is 8.60. The molecule has 1 aliphatic heterocycles. The molecule has 0 aromatic heterocycles. The van der Waals surface area contributed by atoms with Crippen LogP contribution in [0, 0.1) is 5.92 Å². The van der Waals surface area contributed by atoms with Gasteiger partial charge in [-0.1, -0.05) is 20.3 Å². The molecule has 1 aliphatic rings. The van der Waals surface area contributed by atoms with E-state index in [2.05, 4.69) is 24.5 Å². The quantitative estimate of drug-likeness (QED) is 0.861. The molecule has 1 aromatic carbocycles. The summed E-state index contributed by atoms with van der Waals surface area (Å²) in [6.45, 7) is 7.06. The second-order valence-electron chi connectivity index (χ2n) is 4.85. The zero-order valence-corrected chi connectivity index (χ0v) is 11.1. The molecule has 0 aliphatic carbocycles. The molecule has 1 amide bonds. The molecule has 2 atom stereocenters. The van der Waals surface area contributed by atoms with Crippen molar-refractivity contribution in [1.82, 2.24) is 0 Å². The molecule has 98 valence electrons. The van der Waals surface area contributed by atoms with Crippen LogP contribution in [0.3, 0.4) is 0 Å². The maximum Gasteiger partial charge on any atom is 0.265 e. The van der Waals surface area contributed by atoms with Gasteiger partial charge in [-0.05, 0) is 31.0 Å². The Hall–Kier alpha value is -1.71. The molecule has 4 nitrogen and oxygen atoms in total. The SMILES string of the molecule is CCC(C)CNc1ccc2c(c1)NC(=O)C(C)O2. The lowest BCUT2D eigenvalue weighted by Crippen LogP contribution is -2.34. The maximum absolute atomic E-state index is 11.5. The zero-order valence-electron chi connectivity index (χ0n) is 11.1. The summed E-state index contributed by atoms with van der Waals surface area (Å²) in [5.41, 5.74) is 1.75. The average molecular weight is 248 g/mol. The molecule has 0 fully saturated rings. The fourth-order valence-electron chi connectivity index (χ4n) is 1.76. The lowest BCUT2D eigenvalue weighted by atomic mass is 10.1. The molecule has 18 heavy (non-hydrogen) atoms. The topological polar surface area (TPSA) is 50.4 Å². The van der Waals surface area contributed by atoms with Gasteiger partial charge in [0, 0.05) is 12.2 Å². The largest absolute Gasteiger partial charge is 0.479 e. The van der Waals surface area contributed by atoms with Crippen molar-refractivity contribution in [2.75, 3.05) is 17.2 Å². The van der Waals surface area contributed by atoms with E-state index in [0.717, 1.165) is 30.1 Å². The molecule has 0 radical (unpaired) electrons. The molecular weight excluding hydrogens is 228 g/mol. The third-order valence-electron chi connectivity index (χ3n) is 3.26. The number of nitrogens with one attached hydrogen (secondary N) is 2. The molecule has 4 heteroatoms. The van der Waals surface area contributed by atoms with E-state index in [1.807, 2.05) is 18.2 Å². The molecular formula is C14H20N2O2. The van der Waals surface area contributed by atoms with E-state index in [1.54, 1.807) is 6.92 Å². The highest BCUT2D eigenvalue weighted by atomic mass is 16.5. The number of ether oxygens (including phenoxy) is 1. The summed E-state index contributed by atoms with van der Waals surface area (Å²) < 4.78 is 5.51. The van der Waals surface area contributed by atoms with E-state index in [1.165, 1.54) is 0 Å². The predicted molar refractivity (Wildman–Crippen MR) is 73.1 cm³/mol. The van der Waals surface area contributed by atoms with Gasteiger partial charge >= 0.3 is 0 Å². The van der Waals surface area contributed by atoms with E-state index in [0.29, 0.717) is 5.92 Å². The second kappa shape index (κ2) is 5.29. The maximum atomic E-state index is 11.5. The Morgan fingerprint density at radius 3 is 3.00 bits per heavy atom. The van der Waals surface area contributed by atoms with Gasteiger partial charge in [0.05, 0.1) is 5.69 Å². The van der Waals surface area contributed by atoms with Crippen molar-refractivity contribution >= 4 is 17.3 Å². The van der Waals surface area contributed by atoms with E-state index in [-0.39, 0.29) is 5.91 Å². The standard InChI is InChI=1S/C14H20N2O2/c1-4-9(2)8-15-11-5-6-13-12(7-11)16-14(17)10(3)18-13/h5-7,9-10,15H,4,8H2,1-3H3,(H,16,17). The zero-order chi connectivity index (χ0) is 13.1. The molecule has 2 N–H and O–H groups in total. The first-order valence-electron chi connectivity index (χ1n) is 6.45. The number of fused-ring (bicyclic) bond motifs is 1. The Balaban J connectivity index is 2.08. The van der Waals surface area contributed by atoms with E-state index in [9.17, 15) is 4.79 Å². The summed E-state index contributed by atoms with van der Waals surface area (Å²) in [5, 5.41) is 6.21. The number of rotatable bonds is 4. The Morgan fingerprint density at radius 2 is 2.28 bits per heavy atom. The van der Waals surface area contributed by atoms with Gasteiger partial charge in [0.25, 0.3) is 5.91 Å². The van der Waals surface area contributed by atoms with E-state index >= 15 is 0 Å². The van der Waals surface area contributed by atoms with E-state index in [4.69, 9.17) is 4.74 Å². The molecule has 2 unspecified atom stereocenters. The minimum absolute atomic E-state index is 0.0958. The highest BCUT2D eigenvalue weighted by Gasteiger charge is 2.23. The van der Waals surface area contributed by atoms with Crippen molar-refractivity contribution in [3.05, 3.63) is 18.2 Å². The van der Waals surface area contributed by atoms with Crippen molar-refractivity contribution in [2.24, 2.45) is 5.92 Å². The molecule has 1 aromatic rings. The van der Waals surface area contributed by atoms with Crippen molar-refractivity contribution < 1.29 is 9.53 Å². The summed E-state index contributed by atoms with van der Waals surface area (Å²) in [6.07, 6.45) is 0.728. The third-order valence-corrected chi connectivity index (χ3v) is 3.26. The number of carbonyl (C=O) groups excluding carboxylic acids is 1. The van der Waals surface area contributed by atoms with Crippen molar-refractivity contribution in [3.63, 3.8) is 0 Å². The van der Waals surface area contributed by atoms with Crippen LogP contribution in [0.1, 0.15) is 27.2 Å². The molecule has 0 saturated heterocycles. The molecule has 0 saturated carbocycles. The fourth-order valence-corrected chi connectivity index (χ4v) is 1.76. The first kappa shape index (κ1) is 12.7. The van der Waals surface area contributed by atoms with E-state index < -0.39 is 6.10 Å². The van der Waals surface area contributed by atoms with Gasteiger partial charge in [-0.25, -0.2) is 0 Å². The minimum atomic E-state index is -0.420. The number of hydrogen-bond donors (Lipinski definition) is 2. The Kier molecular flexibility index (Phi) is 3.75. The Morgan fingerprint density at radius 1 is 1.50 bits per heavy atom. The summed E-state index contributed by atoms with van der Waals surface area (Å²) in [4.78, 5) is 11.5. The van der Waals surface area contributed by atoms with Crippen LogP contribution in [0.15, 0.2) is 18.2 Å². The van der Waals surface area contributed by atoms with Gasteiger partial charge in [-0.2, -0.15) is 0 Å². The van der Waals surface area contributed by atoms with Crippen LogP contribution in [0.5, 0.6) is 5.75 Å². The number of amides is 1. The van der Waals surface area contributed by atoms with Crippen LogP contribution in [0.25, 0.3) is 0 Å². The van der Waals surface area contributed by atoms with Crippen LogP contribution in [0.4, 0.5) is 11.4 Å². The highest BCUT2D eigenvalue weighted by molar-refractivity contribution is 5.98. The molecule has 0 spiro atoms. The second-order valence-corrected chi connectivity index (χ2v) is 4.85. The number of hydrogen-bond acceptors (Lipinski definition) is 3. The van der Waals surface area contributed by atoms with Crippen molar-refractivity contribution in [2.45, 2.75) is 33.3 Å². The summed E-state index contributed by atoms with van der Waals surface area (Å²) in [6, 6.07) is 5.79. The van der Waals surface area contributed by atoms with Gasteiger partial charge < -0.3 is 15.4 Å². The molecule has 0 bridgehead atoms. The monoisotopic (exact) mass is 248 g/mol. The summed E-state index contributed by atoms with van der Waals surface area (Å²) >= 11 is 0. The average Bonchev–Trinajstić information content (AvgIpc) is 2.37. The third kappa shape index (κ3) is 2.75. The Labute approximate surface area is 108 Å². The smallest absolute Gasteiger partial charge is 0.265 e. The van der Waals surface area contributed by atoms with Gasteiger partial charge in [-0.3, -0.25) is 4.79 Å². The normalized spacial score (nSPS) is 19.5. The number of anilines is 2. The van der Waals surface area contributed by atoms with Gasteiger partial charge in [-0.15, -0.1) is 0 Å². The fraction of sp³-hybridized carbons (Fsp3) is 0.500. The predicted octanol–water partition coefficient (Wildman–Crippen LogP) is 2.86. The van der Waals surface area contributed by atoms with Gasteiger partial charge in [0.2, 0.25) is 0 Å². The molecule has 2 rings (SSSR count). The summed E-state index contributed by atoms with van der Waals surface area (Å²) in [7, 11) is 0. The lowest BCUT2D eigenvalue weighted by molar-refractivity contribution is -0.122. The first-order valence-corrected chi connectivity index (χ1v) is 6.45.